The van der Waals surface area contributed by atoms with E-state index in [1.165, 1.54) is 14.0 Å². The SMILES string of the molecule is CC(C)(C)C[n+]1c(O)c(C(=O)NC2CC2)c(=O)n2[nH]c3c(c21)CN(C1CCC(F)(F)CC1)C(=O)N3. The number of alkyl halides is 2. The maximum absolute atomic E-state index is 13.7. The molecule has 2 aliphatic carbocycles. The minimum Gasteiger partial charge on any atom is -0.477 e. The number of carbonyl (C=O) groups is 2. The second-order valence-corrected chi connectivity index (χ2v) is 11.2. The van der Waals surface area contributed by atoms with Crippen molar-refractivity contribution in [1.82, 2.24) is 19.8 Å². The highest BCUT2D eigenvalue weighted by molar-refractivity contribution is 5.96. The standard InChI is InChI=1S/C23H30F2N6O4/c1-22(2,3)11-30-18-14-10-29(13-6-8-23(24,25)9-7-13)21(35)27-16(14)28-31(18)20(34)15(19(30)33)17(32)26-12-4-5-12/h12-13H,4-11H2,1-3H3,(H3,26,27,28,32,33,34,35)/p+1. The van der Waals surface area contributed by atoms with Gasteiger partial charge in [-0.1, -0.05) is 25.3 Å². The van der Waals surface area contributed by atoms with Crippen molar-refractivity contribution in [2.75, 3.05) is 5.32 Å². The summed E-state index contributed by atoms with van der Waals surface area (Å²) < 4.78 is 30.1. The van der Waals surface area contributed by atoms with Crippen LogP contribution in [0.1, 0.15) is 75.2 Å². The number of rotatable bonds is 4. The summed E-state index contributed by atoms with van der Waals surface area (Å²) in [6.45, 7) is 6.24. The van der Waals surface area contributed by atoms with Gasteiger partial charge in [0.15, 0.2) is 5.82 Å². The van der Waals surface area contributed by atoms with Crippen LogP contribution in [-0.4, -0.2) is 49.6 Å². The zero-order valence-corrected chi connectivity index (χ0v) is 20.1. The summed E-state index contributed by atoms with van der Waals surface area (Å²) in [7, 11) is 0. The molecule has 0 spiro atoms. The minimum atomic E-state index is -2.72. The van der Waals surface area contributed by atoms with Crippen molar-refractivity contribution >= 4 is 23.4 Å². The fraction of sp³-hybridized carbons (Fsp3) is 0.652. The lowest BCUT2D eigenvalue weighted by Gasteiger charge is -2.38. The lowest BCUT2D eigenvalue weighted by atomic mass is 9.91. The highest BCUT2D eigenvalue weighted by Crippen LogP contribution is 2.37. The third-order valence-corrected chi connectivity index (χ3v) is 6.88. The summed E-state index contributed by atoms with van der Waals surface area (Å²) in [5.74, 6) is -3.52. The number of aromatic hydroxyl groups is 1. The van der Waals surface area contributed by atoms with Crippen LogP contribution in [0.2, 0.25) is 0 Å². The lowest BCUT2D eigenvalue weighted by molar-refractivity contribution is -0.692. The van der Waals surface area contributed by atoms with E-state index in [-0.39, 0.29) is 67.7 Å². The van der Waals surface area contributed by atoms with Crippen molar-refractivity contribution in [3.05, 3.63) is 21.5 Å². The van der Waals surface area contributed by atoms with Gasteiger partial charge in [0, 0.05) is 24.9 Å². The fourth-order valence-corrected chi connectivity index (χ4v) is 4.97. The predicted molar refractivity (Wildman–Crippen MR) is 122 cm³/mol. The highest BCUT2D eigenvalue weighted by Gasteiger charge is 2.43. The maximum atomic E-state index is 13.7. The number of aromatic nitrogens is 3. The summed E-state index contributed by atoms with van der Waals surface area (Å²) in [5.41, 5.74) is -0.552. The van der Waals surface area contributed by atoms with E-state index in [0.29, 0.717) is 11.2 Å². The second-order valence-electron chi connectivity index (χ2n) is 11.2. The molecule has 0 atom stereocenters. The molecule has 3 amide bonds. The normalized spacial score (nSPS) is 20.6. The van der Waals surface area contributed by atoms with Gasteiger partial charge >= 0.3 is 23.1 Å². The first-order chi connectivity index (χ1) is 16.3. The first-order valence-electron chi connectivity index (χ1n) is 12.0. The number of anilines is 1. The van der Waals surface area contributed by atoms with Crippen LogP contribution in [0.25, 0.3) is 5.65 Å². The third-order valence-electron chi connectivity index (χ3n) is 6.88. The van der Waals surface area contributed by atoms with E-state index in [4.69, 9.17) is 0 Å². The van der Waals surface area contributed by atoms with Gasteiger partial charge in [0.25, 0.3) is 5.91 Å². The number of nitrogens with zero attached hydrogens (tertiary/aromatic N) is 3. The molecule has 10 nitrogen and oxygen atoms in total. The largest absolute Gasteiger partial charge is 0.477 e. The van der Waals surface area contributed by atoms with Crippen molar-refractivity contribution in [1.29, 1.82) is 0 Å². The molecule has 4 N–H and O–H groups in total. The molecule has 3 aliphatic rings. The van der Waals surface area contributed by atoms with Crippen molar-refractivity contribution in [3.8, 4) is 5.88 Å². The topological polar surface area (TPSA) is 123 Å². The Morgan fingerprint density at radius 2 is 1.86 bits per heavy atom. The van der Waals surface area contributed by atoms with Gasteiger partial charge in [-0.3, -0.25) is 10.1 Å². The highest BCUT2D eigenvalue weighted by atomic mass is 19.3. The summed E-state index contributed by atoms with van der Waals surface area (Å²) in [6, 6.07) is -0.811. The second kappa shape index (κ2) is 7.92. The molecular weight excluding hydrogens is 462 g/mol. The molecule has 12 heteroatoms. The summed E-state index contributed by atoms with van der Waals surface area (Å²) >= 11 is 0. The van der Waals surface area contributed by atoms with Gasteiger partial charge in [0.05, 0.1) is 13.1 Å². The van der Waals surface area contributed by atoms with E-state index in [9.17, 15) is 28.3 Å². The molecule has 2 aromatic rings. The van der Waals surface area contributed by atoms with Crippen LogP contribution < -0.4 is 20.8 Å². The number of urea groups is 1. The molecule has 35 heavy (non-hydrogen) atoms. The van der Waals surface area contributed by atoms with Gasteiger partial charge in [-0.05, 0) is 31.1 Å². The van der Waals surface area contributed by atoms with Crippen molar-refractivity contribution in [3.63, 3.8) is 0 Å². The van der Waals surface area contributed by atoms with Crippen LogP contribution >= 0.6 is 0 Å². The third kappa shape index (κ3) is 4.34. The van der Waals surface area contributed by atoms with E-state index in [0.717, 1.165) is 12.8 Å². The number of fused-ring (bicyclic) bond motifs is 3. The Kier molecular flexibility index (Phi) is 5.33. The first-order valence-corrected chi connectivity index (χ1v) is 12.0. The summed E-state index contributed by atoms with van der Waals surface area (Å²) in [4.78, 5) is 40.6. The van der Waals surface area contributed by atoms with Crippen LogP contribution in [0.4, 0.5) is 19.4 Å². The molecule has 1 aliphatic heterocycles. The average Bonchev–Trinajstić information content (AvgIpc) is 3.48. The fourth-order valence-electron chi connectivity index (χ4n) is 4.97. The molecule has 0 saturated heterocycles. The van der Waals surface area contributed by atoms with Gasteiger partial charge in [0.1, 0.15) is 5.56 Å². The number of carbonyl (C=O) groups excluding carboxylic acids is 2. The number of hydrogen-bond acceptors (Lipinski definition) is 4. The zero-order chi connectivity index (χ0) is 25.3. The van der Waals surface area contributed by atoms with E-state index >= 15 is 0 Å². The van der Waals surface area contributed by atoms with E-state index in [1.807, 2.05) is 20.8 Å². The molecular formula is C23H31F2N6O4+. The Bertz CT molecular complexity index is 1260. The van der Waals surface area contributed by atoms with Crippen LogP contribution in [-0.2, 0) is 13.1 Å². The number of amides is 3. The van der Waals surface area contributed by atoms with Crippen molar-refractivity contribution in [2.24, 2.45) is 5.41 Å². The maximum Gasteiger partial charge on any atom is 0.378 e. The Morgan fingerprint density at radius 3 is 2.46 bits per heavy atom. The molecule has 5 rings (SSSR count). The van der Waals surface area contributed by atoms with Gasteiger partial charge in [0.2, 0.25) is 11.5 Å². The number of aromatic amines is 1. The number of nitrogens with one attached hydrogen (secondary N) is 3. The Morgan fingerprint density at radius 1 is 1.20 bits per heavy atom. The Balaban J connectivity index is 1.61. The number of halogens is 2. The Labute approximate surface area is 200 Å². The summed E-state index contributed by atoms with van der Waals surface area (Å²) in [6.07, 6.45) is 1.43. The molecule has 0 radical (unpaired) electrons. The van der Waals surface area contributed by atoms with Crippen molar-refractivity contribution in [2.45, 2.75) is 90.4 Å². The van der Waals surface area contributed by atoms with Gasteiger partial charge in [-0.2, -0.15) is 4.57 Å². The van der Waals surface area contributed by atoms with E-state index in [1.54, 1.807) is 0 Å². The molecule has 3 heterocycles. The molecule has 2 aromatic heterocycles. The first kappa shape index (κ1) is 23.6. The monoisotopic (exact) mass is 493 g/mol. The van der Waals surface area contributed by atoms with Crippen molar-refractivity contribution < 1.29 is 28.0 Å². The molecule has 0 aromatic carbocycles. The smallest absolute Gasteiger partial charge is 0.378 e. The molecule has 190 valence electrons. The van der Waals surface area contributed by atoms with Gasteiger partial charge in [-0.15, -0.1) is 0 Å². The van der Waals surface area contributed by atoms with Crippen LogP contribution in [0.5, 0.6) is 5.88 Å². The predicted octanol–water partition coefficient (Wildman–Crippen LogP) is 2.48. The van der Waals surface area contributed by atoms with E-state index < -0.39 is 29.3 Å². The Hall–Kier alpha value is -3.18. The van der Waals surface area contributed by atoms with Crippen LogP contribution in [0.15, 0.2) is 4.79 Å². The quantitative estimate of drug-likeness (QED) is 0.489. The molecule has 0 bridgehead atoms. The lowest BCUT2D eigenvalue weighted by Crippen LogP contribution is -2.49. The summed E-state index contributed by atoms with van der Waals surface area (Å²) in [5, 5.41) is 19.5. The zero-order valence-electron chi connectivity index (χ0n) is 20.1. The average molecular weight is 494 g/mol. The van der Waals surface area contributed by atoms with Crippen LogP contribution in [0, 0.1) is 5.41 Å². The molecule has 0 unspecified atom stereocenters. The number of H-pyrrole nitrogens is 1. The van der Waals surface area contributed by atoms with Gasteiger partial charge < -0.3 is 15.3 Å². The molecule has 2 fully saturated rings. The molecule has 2 saturated carbocycles. The van der Waals surface area contributed by atoms with Crippen LogP contribution in [0.3, 0.4) is 0 Å². The minimum absolute atomic E-state index is 0.00868. The van der Waals surface area contributed by atoms with Gasteiger partial charge in [-0.25, -0.2) is 23.5 Å². The number of hydrogen-bond donors (Lipinski definition) is 4. The van der Waals surface area contributed by atoms with E-state index in [2.05, 4.69) is 15.7 Å².